The van der Waals surface area contributed by atoms with Crippen molar-refractivity contribution in [3.63, 3.8) is 0 Å². The van der Waals surface area contributed by atoms with Crippen LogP contribution >= 0.6 is 12.4 Å². The van der Waals surface area contributed by atoms with Gasteiger partial charge in [-0.1, -0.05) is 12.1 Å². The molecule has 0 aromatic heterocycles. The summed E-state index contributed by atoms with van der Waals surface area (Å²) < 4.78 is 0. The van der Waals surface area contributed by atoms with E-state index in [1.54, 1.807) is 12.1 Å². The summed E-state index contributed by atoms with van der Waals surface area (Å²) in [5.41, 5.74) is 11.7. The number of rotatable bonds is 4. The fraction of sp³-hybridized carbons (Fsp3) is 0.400. The lowest BCUT2D eigenvalue weighted by Gasteiger charge is -2.13. The van der Waals surface area contributed by atoms with Crippen LogP contribution in [0.5, 0.6) is 11.5 Å². The van der Waals surface area contributed by atoms with Crippen LogP contribution in [-0.2, 0) is 0 Å². The summed E-state index contributed by atoms with van der Waals surface area (Å²) in [6.45, 7) is 0.577. The average Bonchev–Trinajstić information content (AvgIpc) is 2.18. The molecule has 0 radical (unpaired) electrons. The minimum Gasteiger partial charge on any atom is -0.504 e. The molecule has 1 aromatic carbocycles. The van der Waals surface area contributed by atoms with Crippen LogP contribution in [-0.4, -0.2) is 16.8 Å². The smallest absolute Gasteiger partial charge is 0.162 e. The molecule has 0 aliphatic carbocycles. The Morgan fingerprint density at radius 3 is 2.53 bits per heavy atom. The second kappa shape index (κ2) is 6.50. The third kappa shape index (κ3) is 3.58. The van der Waals surface area contributed by atoms with Crippen molar-refractivity contribution in [1.29, 1.82) is 0 Å². The Kier molecular flexibility index (Phi) is 6.08. The highest BCUT2D eigenvalue weighted by molar-refractivity contribution is 5.85. The Balaban J connectivity index is 0.00000196. The zero-order valence-electron chi connectivity index (χ0n) is 8.39. The van der Waals surface area contributed by atoms with Gasteiger partial charge in [0.05, 0.1) is 0 Å². The van der Waals surface area contributed by atoms with Gasteiger partial charge in [0.15, 0.2) is 11.5 Å². The van der Waals surface area contributed by atoms with E-state index in [0.29, 0.717) is 18.5 Å². The van der Waals surface area contributed by atoms with Gasteiger partial charge in [-0.2, -0.15) is 0 Å². The summed E-state index contributed by atoms with van der Waals surface area (Å²) in [6, 6.07) is 4.52. The van der Waals surface area contributed by atoms with Crippen LogP contribution in [0.2, 0.25) is 0 Å². The van der Waals surface area contributed by atoms with Gasteiger partial charge in [0.1, 0.15) is 0 Å². The maximum atomic E-state index is 9.51. The third-order valence-corrected chi connectivity index (χ3v) is 2.16. The van der Waals surface area contributed by atoms with Crippen LogP contribution in [0.15, 0.2) is 18.2 Å². The summed E-state index contributed by atoms with van der Waals surface area (Å²) >= 11 is 0. The predicted octanol–water partition coefficient (Wildman–Crippen LogP) is 1.26. The minimum atomic E-state index is -0.273. The van der Waals surface area contributed by atoms with E-state index in [-0.39, 0.29) is 29.9 Å². The molecule has 0 aliphatic heterocycles. The van der Waals surface area contributed by atoms with E-state index in [1.807, 2.05) is 0 Å². The quantitative estimate of drug-likeness (QED) is 0.588. The maximum absolute atomic E-state index is 9.51. The molecule has 0 aliphatic rings. The Hall–Kier alpha value is -0.970. The predicted molar refractivity (Wildman–Crippen MR) is 62.2 cm³/mol. The van der Waals surface area contributed by atoms with Crippen molar-refractivity contribution in [2.45, 2.75) is 18.9 Å². The van der Waals surface area contributed by atoms with Crippen molar-refractivity contribution in [1.82, 2.24) is 0 Å². The highest BCUT2D eigenvalue weighted by Crippen LogP contribution is 2.32. The maximum Gasteiger partial charge on any atom is 0.162 e. The van der Waals surface area contributed by atoms with Crippen LogP contribution in [0.25, 0.3) is 0 Å². The number of halogens is 1. The molecule has 1 atom stereocenters. The van der Waals surface area contributed by atoms with Gasteiger partial charge in [-0.25, -0.2) is 0 Å². The number of para-hydroxylation sites is 1. The van der Waals surface area contributed by atoms with Crippen molar-refractivity contribution in [2.24, 2.45) is 11.5 Å². The topological polar surface area (TPSA) is 92.5 Å². The van der Waals surface area contributed by atoms with E-state index in [9.17, 15) is 10.2 Å². The molecular formula is C10H17ClN2O2. The Morgan fingerprint density at radius 2 is 1.93 bits per heavy atom. The molecule has 6 N–H and O–H groups in total. The number of hydrogen-bond acceptors (Lipinski definition) is 4. The van der Waals surface area contributed by atoms with E-state index in [1.165, 1.54) is 6.07 Å². The van der Waals surface area contributed by atoms with E-state index < -0.39 is 0 Å². The van der Waals surface area contributed by atoms with Gasteiger partial charge in [-0.15, -0.1) is 12.4 Å². The van der Waals surface area contributed by atoms with E-state index in [2.05, 4.69) is 0 Å². The standard InChI is InChI=1S/C10H16N2O2.ClH/c11-6-2-4-8(12)7-3-1-5-9(13)10(7)14;/h1,3,5,8,13-14H,2,4,6,11-12H2;1H/t8-;/m0./s1. The molecule has 1 aromatic rings. The van der Waals surface area contributed by atoms with Crippen molar-refractivity contribution < 1.29 is 10.2 Å². The Labute approximate surface area is 95.3 Å². The first kappa shape index (κ1) is 14.0. The lowest BCUT2D eigenvalue weighted by atomic mass is 10.0. The van der Waals surface area contributed by atoms with Crippen molar-refractivity contribution >= 4 is 12.4 Å². The van der Waals surface area contributed by atoms with Crippen molar-refractivity contribution in [3.05, 3.63) is 23.8 Å². The monoisotopic (exact) mass is 232 g/mol. The van der Waals surface area contributed by atoms with Crippen LogP contribution in [0.3, 0.4) is 0 Å². The number of hydrogen-bond donors (Lipinski definition) is 4. The summed E-state index contributed by atoms with van der Waals surface area (Å²) in [5.74, 6) is -0.261. The second-order valence-corrected chi connectivity index (χ2v) is 3.25. The number of nitrogens with two attached hydrogens (primary N) is 2. The number of phenols is 2. The van der Waals surface area contributed by atoms with Crippen molar-refractivity contribution in [3.8, 4) is 11.5 Å². The lowest BCUT2D eigenvalue weighted by Crippen LogP contribution is -2.12. The fourth-order valence-corrected chi connectivity index (χ4v) is 1.34. The van der Waals surface area contributed by atoms with Crippen LogP contribution in [0.1, 0.15) is 24.4 Å². The zero-order valence-corrected chi connectivity index (χ0v) is 9.20. The average molecular weight is 233 g/mol. The molecule has 0 amide bonds. The second-order valence-electron chi connectivity index (χ2n) is 3.25. The van der Waals surface area contributed by atoms with Gasteiger partial charge in [0.2, 0.25) is 0 Å². The SMILES string of the molecule is Cl.NCCC[C@H](N)c1cccc(O)c1O. The first-order valence-corrected chi connectivity index (χ1v) is 4.63. The molecule has 0 spiro atoms. The first-order valence-electron chi connectivity index (χ1n) is 4.63. The molecule has 0 unspecified atom stereocenters. The number of phenolic OH excluding ortho intramolecular Hbond substituents is 2. The first-order chi connectivity index (χ1) is 6.66. The molecular weight excluding hydrogens is 216 g/mol. The molecule has 0 fully saturated rings. The molecule has 5 heteroatoms. The van der Waals surface area contributed by atoms with Crippen LogP contribution < -0.4 is 11.5 Å². The van der Waals surface area contributed by atoms with Gasteiger partial charge in [0, 0.05) is 11.6 Å². The summed E-state index contributed by atoms with van der Waals surface area (Å²) in [5, 5.41) is 18.8. The Bertz CT molecular complexity index is 307. The molecule has 0 bridgehead atoms. The van der Waals surface area contributed by atoms with Gasteiger partial charge < -0.3 is 21.7 Å². The normalized spacial score (nSPS) is 11.9. The molecule has 0 saturated carbocycles. The van der Waals surface area contributed by atoms with Gasteiger partial charge >= 0.3 is 0 Å². The zero-order chi connectivity index (χ0) is 10.6. The summed E-state index contributed by atoms with van der Waals surface area (Å²) in [7, 11) is 0. The fourth-order valence-electron chi connectivity index (χ4n) is 1.34. The van der Waals surface area contributed by atoms with Crippen LogP contribution in [0.4, 0.5) is 0 Å². The van der Waals surface area contributed by atoms with E-state index in [0.717, 1.165) is 6.42 Å². The van der Waals surface area contributed by atoms with Gasteiger partial charge in [-0.3, -0.25) is 0 Å². The lowest BCUT2D eigenvalue weighted by molar-refractivity contribution is 0.394. The molecule has 0 heterocycles. The van der Waals surface area contributed by atoms with Gasteiger partial charge in [0.25, 0.3) is 0 Å². The molecule has 1 rings (SSSR count). The summed E-state index contributed by atoms with van der Waals surface area (Å²) in [6.07, 6.45) is 1.50. The molecule has 4 nitrogen and oxygen atoms in total. The molecule has 0 saturated heterocycles. The highest BCUT2D eigenvalue weighted by atomic mass is 35.5. The van der Waals surface area contributed by atoms with Crippen LogP contribution in [0, 0.1) is 0 Å². The minimum absolute atomic E-state index is 0. The third-order valence-electron chi connectivity index (χ3n) is 2.16. The number of aromatic hydroxyl groups is 2. The molecule has 15 heavy (non-hydrogen) atoms. The summed E-state index contributed by atoms with van der Waals surface area (Å²) in [4.78, 5) is 0. The largest absolute Gasteiger partial charge is 0.504 e. The highest BCUT2D eigenvalue weighted by Gasteiger charge is 2.12. The van der Waals surface area contributed by atoms with E-state index in [4.69, 9.17) is 11.5 Å². The number of benzene rings is 1. The van der Waals surface area contributed by atoms with Crippen molar-refractivity contribution in [2.75, 3.05) is 6.54 Å². The van der Waals surface area contributed by atoms with E-state index >= 15 is 0 Å². The van der Waals surface area contributed by atoms with Gasteiger partial charge in [-0.05, 0) is 25.5 Å². The Morgan fingerprint density at radius 1 is 1.27 bits per heavy atom. The molecule has 86 valence electrons.